The molecule has 13 heteroatoms. The van der Waals surface area contributed by atoms with Crippen LogP contribution < -0.4 is 11.1 Å². The number of nitrogens with one attached hydrogen (secondary N) is 1. The Bertz CT molecular complexity index is 1810. The highest BCUT2D eigenvalue weighted by molar-refractivity contribution is 6.24. The summed E-state index contributed by atoms with van der Waals surface area (Å²) in [6, 6.07) is 10.1. The van der Waals surface area contributed by atoms with Crippen molar-refractivity contribution in [3.63, 3.8) is 0 Å². The Morgan fingerprint density at radius 3 is 2.39 bits per heavy atom. The molecule has 0 radical (unpaired) electrons. The number of Topliss-reactive ketones (excluding diaryl/α,β-unsaturated/α-hetero) is 2. The van der Waals surface area contributed by atoms with Crippen LogP contribution >= 0.6 is 0 Å². The standard InChI is InChI=1S/C31H28N4O9/c1-35(2)24-18-12-14-11-17-16(13-3-5-15(6-4-13)34-30(42)20-9-10-33-44-20)7-8-19(36)22(17)25(37)21(14)27(39)31(18,43)28(40)23(26(24)38)29(32)41/h3-10,14,18,24,36-37,40,43H,11-12H2,1-2H3,(H2,32,41)(H,34,42)/t14-,18+,24-,31-/m0/s1. The molecule has 0 bridgehead atoms. The Morgan fingerprint density at radius 2 is 1.77 bits per heavy atom. The smallest absolute Gasteiger partial charge is 0.294 e. The molecule has 3 aliphatic rings. The average molecular weight is 601 g/mol. The number of fused-ring (bicyclic) bond motifs is 3. The minimum absolute atomic E-state index is 0.0125. The van der Waals surface area contributed by atoms with Crippen LogP contribution in [0, 0.1) is 11.8 Å². The van der Waals surface area contributed by atoms with E-state index in [9.17, 15) is 39.6 Å². The van der Waals surface area contributed by atoms with Gasteiger partial charge in [0.15, 0.2) is 11.4 Å². The third kappa shape index (κ3) is 4.12. The third-order valence-corrected chi connectivity index (χ3v) is 8.72. The predicted octanol–water partition coefficient (Wildman–Crippen LogP) is 1.87. The Balaban J connectivity index is 1.43. The van der Waals surface area contributed by atoms with Gasteiger partial charge in [-0.3, -0.25) is 24.1 Å². The van der Waals surface area contributed by atoms with Gasteiger partial charge >= 0.3 is 0 Å². The zero-order valence-corrected chi connectivity index (χ0v) is 23.6. The molecule has 1 fully saturated rings. The molecule has 3 aliphatic carbocycles. The molecule has 7 N–H and O–H groups in total. The summed E-state index contributed by atoms with van der Waals surface area (Å²) in [6.45, 7) is 0. The molecule has 0 saturated heterocycles. The summed E-state index contributed by atoms with van der Waals surface area (Å²) in [5, 5.41) is 51.2. The lowest BCUT2D eigenvalue weighted by atomic mass is 9.57. The van der Waals surface area contributed by atoms with Gasteiger partial charge in [-0.25, -0.2) is 0 Å². The lowest BCUT2D eigenvalue weighted by Gasteiger charge is -2.50. The number of hydrogen-bond acceptors (Lipinski definition) is 11. The number of aliphatic hydroxyl groups excluding tert-OH is 2. The second kappa shape index (κ2) is 10.2. The Morgan fingerprint density at radius 1 is 1.07 bits per heavy atom. The van der Waals surface area contributed by atoms with Crippen LogP contribution in [0.1, 0.15) is 28.1 Å². The number of benzene rings is 2. The van der Waals surface area contributed by atoms with Gasteiger partial charge in [0.25, 0.3) is 11.8 Å². The number of aromatic hydroxyl groups is 1. The van der Waals surface area contributed by atoms with Gasteiger partial charge in [-0.15, -0.1) is 0 Å². The van der Waals surface area contributed by atoms with Gasteiger partial charge in [0.1, 0.15) is 22.8 Å². The number of nitrogens with two attached hydrogens (primary N) is 1. The largest absolute Gasteiger partial charge is 0.508 e. The van der Waals surface area contributed by atoms with Crippen molar-refractivity contribution < 1.29 is 44.1 Å². The van der Waals surface area contributed by atoms with Crippen LogP contribution in [0.3, 0.4) is 0 Å². The fourth-order valence-corrected chi connectivity index (χ4v) is 6.77. The van der Waals surface area contributed by atoms with Gasteiger partial charge in [0.05, 0.1) is 17.8 Å². The van der Waals surface area contributed by atoms with Gasteiger partial charge < -0.3 is 36.0 Å². The van der Waals surface area contributed by atoms with Crippen LogP contribution in [0.25, 0.3) is 16.9 Å². The zero-order chi connectivity index (χ0) is 31.7. The Kier molecular flexibility index (Phi) is 6.67. The maximum atomic E-state index is 14.0. The normalized spacial score (nSPS) is 24.6. The molecule has 2 aromatic carbocycles. The van der Waals surface area contributed by atoms with Gasteiger partial charge in [0, 0.05) is 23.2 Å². The number of carbonyl (C=O) groups is 4. The fourth-order valence-electron chi connectivity index (χ4n) is 6.77. The van der Waals surface area contributed by atoms with Crippen molar-refractivity contribution in [3.8, 4) is 16.9 Å². The lowest BCUT2D eigenvalue weighted by molar-refractivity contribution is -0.153. The minimum atomic E-state index is -2.70. The third-order valence-electron chi connectivity index (χ3n) is 8.72. The molecule has 1 heterocycles. The number of carbonyl (C=O) groups excluding carboxylic acids is 4. The van der Waals surface area contributed by atoms with Gasteiger partial charge in [-0.1, -0.05) is 23.4 Å². The van der Waals surface area contributed by atoms with E-state index in [-0.39, 0.29) is 35.5 Å². The maximum absolute atomic E-state index is 14.0. The number of rotatable bonds is 5. The predicted molar refractivity (Wildman–Crippen MR) is 154 cm³/mol. The topological polar surface area (TPSA) is 217 Å². The fraction of sp³-hybridized carbons (Fsp3) is 0.258. The number of aromatic nitrogens is 1. The second-order valence-electron chi connectivity index (χ2n) is 11.4. The monoisotopic (exact) mass is 600 g/mol. The van der Waals surface area contributed by atoms with Crippen LogP contribution in [-0.4, -0.2) is 79.6 Å². The van der Waals surface area contributed by atoms with E-state index < -0.39 is 64.0 Å². The van der Waals surface area contributed by atoms with Crippen LogP contribution in [0.5, 0.6) is 5.75 Å². The molecule has 0 spiro atoms. The second-order valence-corrected chi connectivity index (χ2v) is 11.4. The van der Waals surface area contributed by atoms with Crippen molar-refractivity contribution in [2.45, 2.75) is 24.5 Å². The molecule has 226 valence electrons. The number of likely N-dealkylation sites (N-methyl/N-ethyl adjacent to an activating group) is 1. The number of amides is 2. The number of phenols is 1. The molecule has 2 amide bonds. The summed E-state index contributed by atoms with van der Waals surface area (Å²) < 4.78 is 4.87. The molecule has 0 unspecified atom stereocenters. The van der Waals surface area contributed by atoms with Crippen LogP contribution in [-0.2, 0) is 20.8 Å². The minimum Gasteiger partial charge on any atom is -0.508 e. The van der Waals surface area contributed by atoms with E-state index in [4.69, 9.17) is 10.3 Å². The van der Waals surface area contributed by atoms with Gasteiger partial charge in [0.2, 0.25) is 11.5 Å². The number of phenolic OH excluding ortho intramolecular Hbond substituents is 1. The first-order valence-electron chi connectivity index (χ1n) is 13.7. The maximum Gasteiger partial charge on any atom is 0.294 e. The SMILES string of the molecule is CN(C)[C@@H]1C(=O)C(C(N)=O)=C(O)[C@@]2(O)C(=O)C3=C(O)c4c(O)ccc(-c5ccc(NC(=O)c6ccno6)cc5)c4C[C@H]3C[C@H]12. The average Bonchev–Trinajstić information content (AvgIpc) is 3.51. The summed E-state index contributed by atoms with van der Waals surface area (Å²) in [6.07, 6.45) is 1.47. The first-order chi connectivity index (χ1) is 20.9. The Hall–Kier alpha value is -5.27. The lowest BCUT2D eigenvalue weighted by Crippen LogP contribution is -2.65. The molecular formula is C31H28N4O9. The van der Waals surface area contributed by atoms with E-state index in [1.165, 1.54) is 23.2 Å². The number of hydrogen-bond donors (Lipinski definition) is 6. The number of aliphatic hydroxyl groups is 3. The van der Waals surface area contributed by atoms with Crippen molar-refractivity contribution in [1.29, 1.82) is 0 Å². The van der Waals surface area contributed by atoms with Gasteiger partial charge in [-0.05, 0) is 67.7 Å². The van der Waals surface area contributed by atoms with E-state index in [0.717, 1.165) is 0 Å². The summed E-state index contributed by atoms with van der Waals surface area (Å²) in [5.41, 5.74) is 3.87. The summed E-state index contributed by atoms with van der Waals surface area (Å²) in [5.74, 6) is -7.53. The van der Waals surface area contributed by atoms with E-state index in [2.05, 4.69) is 10.5 Å². The van der Waals surface area contributed by atoms with Crippen LogP contribution in [0.15, 0.2) is 70.1 Å². The number of primary amides is 1. The van der Waals surface area contributed by atoms with Crippen LogP contribution in [0.4, 0.5) is 5.69 Å². The van der Waals surface area contributed by atoms with Gasteiger partial charge in [-0.2, -0.15) is 0 Å². The Labute approximate surface area is 249 Å². The zero-order valence-electron chi connectivity index (χ0n) is 23.6. The van der Waals surface area contributed by atoms with E-state index in [1.54, 1.807) is 44.4 Å². The quantitative estimate of drug-likeness (QED) is 0.232. The number of nitrogens with zero attached hydrogens (tertiary/aromatic N) is 2. The van der Waals surface area contributed by atoms with E-state index in [0.29, 0.717) is 22.4 Å². The molecule has 0 aliphatic heterocycles. The molecule has 44 heavy (non-hydrogen) atoms. The summed E-state index contributed by atoms with van der Waals surface area (Å²) in [7, 11) is 3.09. The number of anilines is 1. The van der Waals surface area contributed by atoms with Crippen molar-refractivity contribution in [3.05, 3.63) is 82.5 Å². The molecule has 1 saturated carbocycles. The summed E-state index contributed by atoms with van der Waals surface area (Å²) in [4.78, 5) is 53.2. The van der Waals surface area contributed by atoms with E-state index in [1.807, 2.05) is 0 Å². The highest BCUT2D eigenvalue weighted by Gasteiger charge is 2.64. The highest BCUT2D eigenvalue weighted by atomic mass is 16.5. The first-order valence-corrected chi connectivity index (χ1v) is 13.7. The molecule has 3 aromatic rings. The summed E-state index contributed by atoms with van der Waals surface area (Å²) >= 11 is 0. The van der Waals surface area contributed by atoms with E-state index >= 15 is 0 Å². The van der Waals surface area contributed by atoms with Crippen molar-refractivity contribution in [2.75, 3.05) is 19.4 Å². The first kappa shape index (κ1) is 28.8. The van der Waals surface area contributed by atoms with Crippen molar-refractivity contribution in [1.82, 2.24) is 10.1 Å². The molecular weight excluding hydrogens is 572 g/mol. The van der Waals surface area contributed by atoms with Crippen molar-refractivity contribution in [2.24, 2.45) is 17.6 Å². The highest BCUT2D eigenvalue weighted by Crippen LogP contribution is 2.53. The molecule has 6 rings (SSSR count). The molecule has 4 atom stereocenters. The number of ketones is 2. The molecule has 1 aromatic heterocycles. The molecule has 13 nitrogen and oxygen atoms in total. The van der Waals surface area contributed by atoms with Crippen molar-refractivity contribution >= 4 is 34.8 Å². The van der Waals surface area contributed by atoms with Crippen LogP contribution in [0.2, 0.25) is 0 Å².